The molecule has 4 nitrogen and oxygen atoms in total. The second kappa shape index (κ2) is 5.88. The first-order chi connectivity index (χ1) is 7.09. The highest BCUT2D eigenvalue weighted by atomic mass is 16.5. The lowest BCUT2D eigenvalue weighted by Crippen LogP contribution is -2.33. The van der Waals surface area contributed by atoms with Crippen LogP contribution in [0.5, 0.6) is 0 Å². The zero-order chi connectivity index (χ0) is 11.3. The van der Waals surface area contributed by atoms with E-state index in [1.54, 1.807) is 0 Å². The zero-order valence-corrected chi connectivity index (χ0v) is 9.40. The summed E-state index contributed by atoms with van der Waals surface area (Å²) in [5, 5.41) is 2.83. The fourth-order valence-corrected chi connectivity index (χ4v) is 1.52. The maximum atomic E-state index is 11.6. The second-order valence-electron chi connectivity index (χ2n) is 4.10. The van der Waals surface area contributed by atoms with Crippen LogP contribution in [-0.4, -0.2) is 31.2 Å². The number of amides is 1. The van der Waals surface area contributed by atoms with E-state index in [1.165, 1.54) is 0 Å². The van der Waals surface area contributed by atoms with E-state index in [2.05, 4.69) is 5.32 Å². The lowest BCUT2D eigenvalue weighted by molar-refractivity contribution is -0.123. The van der Waals surface area contributed by atoms with Crippen molar-refractivity contribution in [1.29, 1.82) is 0 Å². The number of nitrogens with one attached hydrogen (secondary N) is 1. The molecular formula is C11H20N2O2. The summed E-state index contributed by atoms with van der Waals surface area (Å²) in [6.07, 6.45) is 4.69. The molecule has 0 aromatic carbocycles. The molecule has 4 heteroatoms. The van der Waals surface area contributed by atoms with Crippen molar-refractivity contribution in [2.24, 2.45) is 11.7 Å². The lowest BCUT2D eigenvalue weighted by Gasteiger charge is -2.11. The highest BCUT2D eigenvalue weighted by Gasteiger charge is 2.21. The van der Waals surface area contributed by atoms with Crippen molar-refractivity contribution in [2.45, 2.75) is 32.4 Å². The summed E-state index contributed by atoms with van der Waals surface area (Å²) in [6.45, 7) is 5.07. The molecule has 2 atom stereocenters. The van der Waals surface area contributed by atoms with E-state index in [-0.39, 0.29) is 24.0 Å². The van der Waals surface area contributed by atoms with E-state index in [4.69, 9.17) is 10.5 Å². The van der Waals surface area contributed by atoms with Crippen LogP contribution in [0.4, 0.5) is 0 Å². The average Bonchev–Trinajstić information content (AvgIpc) is 2.59. The Kier molecular flexibility index (Phi) is 4.78. The lowest BCUT2D eigenvalue weighted by atomic mass is 10.1. The standard InChI is InChI=1S/C11H20N2O2/c1-8(2)15-6-5-13-11(14)9-3-4-10(12)7-9/h3-4,8-10H,5-7,12H2,1-2H3,(H,13,14). The maximum absolute atomic E-state index is 11.6. The summed E-state index contributed by atoms with van der Waals surface area (Å²) in [4.78, 5) is 11.6. The van der Waals surface area contributed by atoms with Gasteiger partial charge in [-0.25, -0.2) is 0 Å². The topological polar surface area (TPSA) is 64.3 Å². The van der Waals surface area contributed by atoms with Gasteiger partial charge in [0.1, 0.15) is 0 Å². The normalized spacial score (nSPS) is 24.8. The summed E-state index contributed by atoms with van der Waals surface area (Å²) in [5.74, 6) is -0.00870. The predicted molar refractivity (Wildman–Crippen MR) is 59.3 cm³/mol. The molecule has 0 fully saturated rings. The van der Waals surface area contributed by atoms with Gasteiger partial charge in [0.15, 0.2) is 0 Å². The smallest absolute Gasteiger partial charge is 0.227 e. The van der Waals surface area contributed by atoms with Crippen molar-refractivity contribution in [1.82, 2.24) is 5.32 Å². The van der Waals surface area contributed by atoms with Crippen molar-refractivity contribution in [3.63, 3.8) is 0 Å². The zero-order valence-electron chi connectivity index (χ0n) is 9.40. The molecule has 0 bridgehead atoms. The first kappa shape index (κ1) is 12.2. The van der Waals surface area contributed by atoms with Gasteiger partial charge in [-0.05, 0) is 20.3 Å². The predicted octanol–water partition coefficient (Wildman–Crippen LogP) is 0.431. The van der Waals surface area contributed by atoms with Crippen molar-refractivity contribution in [2.75, 3.05) is 13.2 Å². The number of hydrogen-bond acceptors (Lipinski definition) is 3. The second-order valence-corrected chi connectivity index (χ2v) is 4.10. The van der Waals surface area contributed by atoms with Gasteiger partial charge in [-0.15, -0.1) is 0 Å². The van der Waals surface area contributed by atoms with Gasteiger partial charge >= 0.3 is 0 Å². The monoisotopic (exact) mass is 212 g/mol. The van der Waals surface area contributed by atoms with Crippen LogP contribution in [-0.2, 0) is 9.53 Å². The molecule has 1 amide bonds. The molecule has 1 aliphatic rings. The fourth-order valence-electron chi connectivity index (χ4n) is 1.52. The van der Waals surface area contributed by atoms with Crippen LogP contribution in [0.25, 0.3) is 0 Å². The van der Waals surface area contributed by atoms with Crippen LogP contribution >= 0.6 is 0 Å². The van der Waals surface area contributed by atoms with Gasteiger partial charge in [0, 0.05) is 12.6 Å². The van der Waals surface area contributed by atoms with Crippen LogP contribution in [0.3, 0.4) is 0 Å². The molecule has 1 aliphatic carbocycles. The molecule has 1 rings (SSSR count). The fraction of sp³-hybridized carbons (Fsp3) is 0.727. The minimum atomic E-state index is -0.0564. The van der Waals surface area contributed by atoms with Gasteiger partial charge in [-0.1, -0.05) is 12.2 Å². The van der Waals surface area contributed by atoms with Crippen LogP contribution in [0.15, 0.2) is 12.2 Å². The number of carbonyl (C=O) groups excluding carboxylic acids is 1. The Morgan fingerprint density at radius 3 is 2.87 bits per heavy atom. The largest absolute Gasteiger partial charge is 0.377 e. The van der Waals surface area contributed by atoms with Gasteiger partial charge < -0.3 is 15.8 Å². The van der Waals surface area contributed by atoms with Gasteiger partial charge in [0.2, 0.25) is 5.91 Å². The summed E-state index contributed by atoms with van der Waals surface area (Å²) < 4.78 is 5.32. The van der Waals surface area contributed by atoms with Crippen LogP contribution in [0.2, 0.25) is 0 Å². The van der Waals surface area contributed by atoms with E-state index < -0.39 is 0 Å². The number of rotatable bonds is 5. The Morgan fingerprint density at radius 1 is 1.60 bits per heavy atom. The van der Waals surface area contributed by atoms with E-state index in [1.807, 2.05) is 26.0 Å². The first-order valence-electron chi connectivity index (χ1n) is 5.43. The van der Waals surface area contributed by atoms with Crippen LogP contribution in [0.1, 0.15) is 20.3 Å². The van der Waals surface area contributed by atoms with Crippen molar-refractivity contribution in [3.05, 3.63) is 12.2 Å². The first-order valence-corrected chi connectivity index (χ1v) is 5.43. The van der Waals surface area contributed by atoms with Crippen molar-refractivity contribution >= 4 is 5.91 Å². The van der Waals surface area contributed by atoms with Crippen LogP contribution in [0, 0.1) is 5.92 Å². The quantitative estimate of drug-likeness (QED) is 0.513. The number of hydrogen-bond donors (Lipinski definition) is 2. The third-order valence-electron chi connectivity index (χ3n) is 2.31. The summed E-state index contributed by atoms with van der Waals surface area (Å²) >= 11 is 0. The molecule has 2 unspecified atom stereocenters. The van der Waals surface area contributed by atoms with E-state index >= 15 is 0 Å². The molecule has 86 valence electrons. The molecule has 0 spiro atoms. The molecule has 0 aromatic heterocycles. The number of ether oxygens (including phenoxy) is 1. The number of carbonyl (C=O) groups is 1. The highest BCUT2D eigenvalue weighted by Crippen LogP contribution is 2.15. The SMILES string of the molecule is CC(C)OCCNC(=O)C1C=CC(N)C1. The Hall–Kier alpha value is -0.870. The Morgan fingerprint density at radius 2 is 2.33 bits per heavy atom. The molecule has 0 aliphatic heterocycles. The van der Waals surface area contributed by atoms with Crippen LogP contribution < -0.4 is 11.1 Å². The number of nitrogens with two attached hydrogens (primary N) is 1. The maximum Gasteiger partial charge on any atom is 0.227 e. The Balaban J connectivity index is 2.11. The van der Waals surface area contributed by atoms with E-state index in [0.717, 1.165) is 6.42 Å². The Labute approximate surface area is 90.9 Å². The summed E-state index contributed by atoms with van der Waals surface area (Å²) in [6, 6.07) is 0.0349. The highest BCUT2D eigenvalue weighted by molar-refractivity contribution is 5.81. The third-order valence-corrected chi connectivity index (χ3v) is 2.31. The minimum Gasteiger partial charge on any atom is -0.377 e. The molecular weight excluding hydrogens is 192 g/mol. The molecule has 0 saturated carbocycles. The molecule has 0 radical (unpaired) electrons. The Bertz CT molecular complexity index is 239. The third kappa shape index (κ3) is 4.44. The van der Waals surface area contributed by atoms with Crippen molar-refractivity contribution in [3.8, 4) is 0 Å². The van der Waals surface area contributed by atoms with E-state index in [9.17, 15) is 4.79 Å². The summed E-state index contributed by atoms with van der Waals surface area (Å²) in [7, 11) is 0. The van der Waals surface area contributed by atoms with Gasteiger partial charge in [-0.2, -0.15) is 0 Å². The molecule has 3 N–H and O–H groups in total. The van der Waals surface area contributed by atoms with Gasteiger partial charge in [-0.3, -0.25) is 4.79 Å². The minimum absolute atomic E-state index is 0.0349. The molecule has 0 aromatic rings. The molecule has 0 heterocycles. The summed E-state index contributed by atoms with van der Waals surface area (Å²) in [5.41, 5.74) is 5.67. The average molecular weight is 212 g/mol. The van der Waals surface area contributed by atoms with E-state index in [0.29, 0.717) is 13.2 Å². The van der Waals surface area contributed by atoms with Gasteiger partial charge in [0.25, 0.3) is 0 Å². The van der Waals surface area contributed by atoms with Gasteiger partial charge in [0.05, 0.1) is 18.6 Å². The molecule has 15 heavy (non-hydrogen) atoms. The molecule has 0 saturated heterocycles. The van der Waals surface area contributed by atoms with Crippen molar-refractivity contribution < 1.29 is 9.53 Å².